The molecule has 0 saturated heterocycles. The van der Waals surface area contributed by atoms with E-state index in [2.05, 4.69) is 43.4 Å². The average molecular weight is 354 g/mol. The maximum absolute atomic E-state index is 11.9. The van der Waals surface area contributed by atoms with E-state index in [1.54, 1.807) is 18.3 Å². The highest BCUT2D eigenvalue weighted by Gasteiger charge is 2.12. The van der Waals surface area contributed by atoms with Crippen LogP contribution in [0.4, 0.5) is 0 Å². The van der Waals surface area contributed by atoms with Crippen LogP contribution in [0.1, 0.15) is 38.8 Å². The van der Waals surface area contributed by atoms with Crippen molar-refractivity contribution in [2.24, 2.45) is 5.10 Å². The van der Waals surface area contributed by atoms with Crippen molar-refractivity contribution in [2.75, 3.05) is 13.2 Å². The number of rotatable bonds is 7. The van der Waals surface area contributed by atoms with E-state index in [-0.39, 0.29) is 17.9 Å². The second kappa shape index (κ2) is 9.04. The Hall–Kier alpha value is -2.82. The van der Waals surface area contributed by atoms with E-state index < -0.39 is 0 Å². The average Bonchev–Trinajstić information content (AvgIpc) is 2.61. The molecule has 0 unspecified atom stereocenters. The largest absolute Gasteiger partial charge is 0.490 e. The topological polar surface area (TPSA) is 59.9 Å². The molecule has 0 saturated carbocycles. The predicted octanol–water partition coefficient (Wildman–Crippen LogP) is 3.91. The standard InChI is InChI=1S/C21H26N2O3/c1-5-25-18-8-6-7-9-19(18)26-15-20(24)23-22-14-16-10-12-17(13-11-16)21(2,3)4/h6-14H,5,15H2,1-4H3,(H,23,24). The third-order valence-electron chi connectivity index (χ3n) is 3.69. The molecular weight excluding hydrogens is 328 g/mol. The Morgan fingerprint density at radius 3 is 2.23 bits per heavy atom. The fraction of sp³-hybridized carbons (Fsp3) is 0.333. The van der Waals surface area contributed by atoms with Crippen molar-refractivity contribution in [3.8, 4) is 11.5 Å². The number of para-hydroxylation sites is 2. The molecule has 0 aliphatic carbocycles. The molecule has 0 aliphatic heterocycles. The highest BCUT2D eigenvalue weighted by Crippen LogP contribution is 2.26. The van der Waals surface area contributed by atoms with E-state index in [9.17, 15) is 4.79 Å². The maximum atomic E-state index is 11.9. The molecule has 5 heteroatoms. The van der Waals surface area contributed by atoms with E-state index in [0.717, 1.165) is 5.56 Å². The summed E-state index contributed by atoms with van der Waals surface area (Å²) >= 11 is 0. The van der Waals surface area contributed by atoms with Gasteiger partial charge in [0.2, 0.25) is 0 Å². The van der Waals surface area contributed by atoms with Crippen LogP contribution < -0.4 is 14.9 Å². The lowest BCUT2D eigenvalue weighted by molar-refractivity contribution is -0.123. The van der Waals surface area contributed by atoms with Gasteiger partial charge in [-0.1, -0.05) is 57.2 Å². The van der Waals surface area contributed by atoms with Gasteiger partial charge < -0.3 is 9.47 Å². The molecule has 138 valence electrons. The van der Waals surface area contributed by atoms with Gasteiger partial charge in [-0.15, -0.1) is 0 Å². The van der Waals surface area contributed by atoms with Gasteiger partial charge in [-0.25, -0.2) is 5.43 Å². The van der Waals surface area contributed by atoms with E-state index in [1.165, 1.54) is 5.56 Å². The lowest BCUT2D eigenvalue weighted by atomic mass is 9.87. The molecule has 0 aliphatic rings. The van der Waals surface area contributed by atoms with Crippen molar-refractivity contribution in [1.82, 2.24) is 5.43 Å². The summed E-state index contributed by atoms with van der Waals surface area (Å²) in [5.41, 5.74) is 4.74. The quantitative estimate of drug-likeness (QED) is 0.606. The van der Waals surface area contributed by atoms with Crippen LogP contribution >= 0.6 is 0 Å². The third-order valence-corrected chi connectivity index (χ3v) is 3.69. The number of ether oxygens (including phenoxy) is 2. The fourth-order valence-electron chi connectivity index (χ4n) is 2.27. The number of benzene rings is 2. The summed E-state index contributed by atoms with van der Waals surface area (Å²) in [5.74, 6) is 0.815. The lowest BCUT2D eigenvalue weighted by Gasteiger charge is -2.18. The first-order valence-corrected chi connectivity index (χ1v) is 8.67. The monoisotopic (exact) mass is 354 g/mol. The van der Waals surface area contributed by atoms with Crippen LogP contribution in [0.3, 0.4) is 0 Å². The smallest absolute Gasteiger partial charge is 0.277 e. The minimum atomic E-state index is -0.334. The van der Waals surface area contributed by atoms with Crippen LogP contribution in [0.2, 0.25) is 0 Å². The molecule has 1 N–H and O–H groups in total. The Balaban J connectivity index is 1.84. The van der Waals surface area contributed by atoms with Crippen molar-refractivity contribution in [1.29, 1.82) is 0 Å². The molecule has 0 heterocycles. The zero-order chi connectivity index (χ0) is 19.0. The van der Waals surface area contributed by atoms with E-state index >= 15 is 0 Å². The van der Waals surface area contributed by atoms with Gasteiger partial charge in [-0.05, 0) is 35.6 Å². The molecule has 2 aromatic rings. The number of carbonyl (C=O) groups excluding carboxylic acids is 1. The highest BCUT2D eigenvalue weighted by molar-refractivity contribution is 5.83. The van der Waals surface area contributed by atoms with Crippen LogP contribution in [0, 0.1) is 0 Å². The van der Waals surface area contributed by atoms with Gasteiger partial charge in [0.25, 0.3) is 5.91 Å². The van der Waals surface area contributed by atoms with Gasteiger partial charge in [0.15, 0.2) is 18.1 Å². The molecular formula is C21H26N2O3. The highest BCUT2D eigenvalue weighted by atomic mass is 16.5. The van der Waals surface area contributed by atoms with Gasteiger partial charge in [0, 0.05) is 0 Å². The first-order valence-electron chi connectivity index (χ1n) is 8.67. The van der Waals surface area contributed by atoms with Gasteiger partial charge in [-0.2, -0.15) is 5.10 Å². The Morgan fingerprint density at radius 2 is 1.65 bits per heavy atom. The number of hydrogen-bond donors (Lipinski definition) is 1. The summed E-state index contributed by atoms with van der Waals surface area (Å²) in [6.45, 7) is 8.79. The normalized spacial score (nSPS) is 11.4. The SMILES string of the molecule is CCOc1ccccc1OCC(=O)NN=Cc1ccc(C(C)(C)C)cc1. The summed E-state index contributed by atoms with van der Waals surface area (Å²) in [7, 11) is 0. The molecule has 26 heavy (non-hydrogen) atoms. The molecule has 2 rings (SSSR count). The molecule has 0 bridgehead atoms. The second-order valence-corrected chi connectivity index (χ2v) is 6.83. The number of amides is 1. The van der Waals surface area contributed by atoms with Gasteiger partial charge in [0.05, 0.1) is 12.8 Å². The predicted molar refractivity (Wildman–Crippen MR) is 104 cm³/mol. The summed E-state index contributed by atoms with van der Waals surface area (Å²) in [6, 6.07) is 15.3. The summed E-state index contributed by atoms with van der Waals surface area (Å²) in [5, 5.41) is 3.97. The van der Waals surface area contributed by atoms with Crippen LogP contribution in [0.15, 0.2) is 53.6 Å². The van der Waals surface area contributed by atoms with E-state index in [1.807, 2.05) is 31.2 Å². The molecule has 0 fully saturated rings. The lowest BCUT2D eigenvalue weighted by Crippen LogP contribution is -2.24. The Labute approximate surface area is 155 Å². The number of carbonyl (C=O) groups is 1. The van der Waals surface area contributed by atoms with Crippen molar-refractivity contribution in [2.45, 2.75) is 33.1 Å². The van der Waals surface area contributed by atoms with Gasteiger partial charge in [-0.3, -0.25) is 4.79 Å². The van der Waals surface area contributed by atoms with Crippen molar-refractivity contribution in [3.05, 3.63) is 59.7 Å². The fourth-order valence-corrected chi connectivity index (χ4v) is 2.27. The van der Waals surface area contributed by atoms with E-state index in [0.29, 0.717) is 18.1 Å². The summed E-state index contributed by atoms with van der Waals surface area (Å²) < 4.78 is 11.0. The van der Waals surface area contributed by atoms with E-state index in [4.69, 9.17) is 9.47 Å². The molecule has 0 atom stereocenters. The zero-order valence-electron chi connectivity index (χ0n) is 15.8. The molecule has 0 aromatic heterocycles. The molecule has 0 spiro atoms. The Kier molecular flexibility index (Phi) is 6.78. The minimum absolute atomic E-state index is 0.110. The third kappa shape index (κ3) is 5.92. The Bertz CT molecular complexity index is 747. The van der Waals surface area contributed by atoms with Crippen molar-refractivity contribution >= 4 is 12.1 Å². The van der Waals surface area contributed by atoms with Crippen molar-refractivity contribution < 1.29 is 14.3 Å². The first-order chi connectivity index (χ1) is 12.4. The molecule has 2 aromatic carbocycles. The zero-order valence-corrected chi connectivity index (χ0v) is 15.8. The summed E-state index contributed by atoms with van der Waals surface area (Å²) in [4.78, 5) is 11.9. The minimum Gasteiger partial charge on any atom is -0.490 e. The molecule has 1 amide bonds. The number of nitrogens with one attached hydrogen (secondary N) is 1. The van der Waals surface area contributed by atoms with Crippen LogP contribution in [0.25, 0.3) is 0 Å². The second-order valence-electron chi connectivity index (χ2n) is 6.83. The van der Waals surface area contributed by atoms with Gasteiger partial charge >= 0.3 is 0 Å². The van der Waals surface area contributed by atoms with Gasteiger partial charge in [0.1, 0.15) is 0 Å². The number of hydrogen-bond acceptors (Lipinski definition) is 4. The number of nitrogens with zero attached hydrogens (tertiary/aromatic N) is 1. The molecule has 5 nitrogen and oxygen atoms in total. The molecule has 0 radical (unpaired) electrons. The first kappa shape index (κ1) is 19.5. The Morgan fingerprint density at radius 1 is 1.04 bits per heavy atom. The van der Waals surface area contributed by atoms with Crippen LogP contribution in [-0.4, -0.2) is 25.3 Å². The summed E-state index contributed by atoms with van der Waals surface area (Å²) in [6.07, 6.45) is 1.61. The number of hydrazone groups is 1. The van der Waals surface area contributed by atoms with Crippen LogP contribution in [0.5, 0.6) is 11.5 Å². The van der Waals surface area contributed by atoms with Crippen LogP contribution in [-0.2, 0) is 10.2 Å². The van der Waals surface area contributed by atoms with Crippen molar-refractivity contribution in [3.63, 3.8) is 0 Å². The maximum Gasteiger partial charge on any atom is 0.277 e.